The van der Waals surface area contributed by atoms with E-state index in [1.54, 1.807) is 7.11 Å². The van der Waals surface area contributed by atoms with Crippen molar-refractivity contribution in [2.45, 2.75) is 55.7 Å². The van der Waals surface area contributed by atoms with Crippen LogP contribution < -0.4 is 15.4 Å². The summed E-state index contributed by atoms with van der Waals surface area (Å²) in [6, 6.07) is 7.92. The molecule has 1 aromatic carbocycles. The number of amides is 1. The average molecular weight is 421 g/mol. The quantitative estimate of drug-likeness (QED) is 0.632. The van der Waals surface area contributed by atoms with E-state index in [2.05, 4.69) is 34.7 Å². The van der Waals surface area contributed by atoms with Crippen molar-refractivity contribution in [1.82, 2.24) is 15.5 Å². The molecule has 0 unspecified atom stereocenters. The van der Waals surface area contributed by atoms with Gasteiger partial charge in [-0.25, -0.2) is 0 Å². The molecule has 0 bridgehead atoms. The Kier molecular flexibility index (Phi) is 7.18. The number of benzene rings is 1. The van der Waals surface area contributed by atoms with Gasteiger partial charge in [0, 0.05) is 17.8 Å². The highest BCUT2D eigenvalue weighted by molar-refractivity contribution is 8.02. The lowest BCUT2D eigenvalue weighted by Crippen LogP contribution is -2.46. The lowest BCUT2D eigenvalue weighted by atomic mass is 9.78. The topological polar surface area (TPSA) is 76.1 Å². The zero-order chi connectivity index (χ0) is 20.1. The number of nitrogens with one attached hydrogen (secondary N) is 2. The van der Waals surface area contributed by atoms with Crippen LogP contribution >= 0.6 is 23.1 Å². The largest absolute Gasteiger partial charge is 0.497 e. The monoisotopic (exact) mass is 420 g/mol. The first-order valence-corrected chi connectivity index (χ1v) is 11.4. The molecule has 28 heavy (non-hydrogen) atoms. The maximum absolute atomic E-state index is 12.6. The lowest BCUT2D eigenvalue weighted by Gasteiger charge is -2.35. The van der Waals surface area contributed by atoms with Gasteiger partial charge in [-0.15, -0.1) is 10.2 Å². The Morgan fingerprint density at radius 1 is 1.32 bits per heavy atom. The summed E-state index contributed by atoms with van der Waals surface area (Å²) < 4.78 is 6.01. The Hall–Kier alpha value is -1.80. The van der Waals surface area contributed by atoms with Crippen molar-refractivity contribution < 1.29 is 9.53 Å². The van der Waals surface area contributed by atoms with E-state index in [0.29, 0.717) is 17.0 Å². The van der Waals surface area contributed by atoms with Crippen molar-refractivity contribution >= 4 is 39.8 Å². The molecular formula is C20H28N4O2S2. The van der Waals surface area contributed by atoms with Gasteiger partial charge in [-0.3, -0.25) is 4.79 Å². The van der Waals surface area contributed by atoms with Crippen LogP contribution in [0.25, 0.3) is 0 Å². The van der Waals surface area contributed by atoms with Crippen LogP contribution in [0.5, 0.6) is 5.75 Å². The third-order valence-electron chi connectivity index (χ3n) is 5.41. The molecular weight excluding hydrogens is 392 g/mol. The van der Waals surface area contributed by atoms with E-state index in [4.69, 9.17) is 4.74 Å². The van der Waals surface area contributed by atoms with Crippen LogP contribution in [0.1, 0.15) is 40.0 Å². The number of hydrogen-bond donors (Lipinski definition) is 2. The number of thioether (sulfide) groups is 1. The first-order chi connectivity index (χ1) is 13.5. The summed E-state index contributed by atoms with van der Waals surface area (Å²) in [6.45, 7) is 6.45. The first kappa shape index (κ1) is 20.9. The molecule has 0 aliphatic heterocycles. The Morgan fingerprint density at radius 2 is 2.14 bits per heavy atom. The Balaban J connectivity index is 1.54. The molecule has 1 aliphatic rings. The zero-order valence-corrected chi connectivity index (χ0v) is 18.4. The molecule has 1 saturated carbocycles. The highest BCUT2D eigenvalue weighted by atomic mass is 32.2. The smallest absolute Gasteiger partial charge is 0.233 e. The number of nitrogens with zero attached hydrogens (tertiary/aromatic N) is 2. The second-order valence-corrected chi connectivity index (χ2v) is 9.94. The summed E-state index contributed by atoms with van der Waals surface area (Å²) in [5, 5.41) is 15.4. The molecule has 6 nitrogen and oxygen atoms in total. The van der Waals surface area contributed by atoms with Gasteiger partial charge >= 0.3 is 0 Å². The first-order valence-electron chi connectivity index (χ1n) is 9.68. The second-order valence-electron chi connectivity index (χ2n) is 7.37. The molecule has 0 radical (unpaired) electrons. The van der Waals surface area contributed by atoms with E-state index in [1.807, 2.05) is 31.2 Å². The van der Waals surface area contributed by atoms with Gasteiger partial charge in [0.25, 0.3) is 0 Å². The summed E-state index contributed by atoms with van der Waals surface area (Å²) in [6.07, 6.45) is 3.52. The molecule has 4 atom stereocenters. The molecule has 1 fully saturated rings. The van der Waals surface area contributed by atoms with Gasteiger partial charge in [0.05, 0.1) is 12.4 Å². The summed E-state index contributed by atoms with van der Waals surface area (Å²) in [5.41, 5.74) is 0.887. The molecule has 1 heterocycles. The van der Waals surface area contributed by atoms with Crippen LogP contribution in [0.2, 0.25) is 0 Å². The molecule has 0 spiro atoms. The van der Waals surface area contributed by atoms with Crippen LogP contribution in [0, 0.1) is 11.8 Å². The van der Waals surface area contributed by atoms with Crippen molar-refractivity contribution in [2.24, 2.45) is 11.8 Å². The van der Waals surface area contributed by atoms with Crippen molar-refractivity contribution in [3.8, 4) is 5.75 Å². The van der Waals surface area contributed by atoms with Crippen molar-refractivity contribution in [1.29, 1.82) is 0 Å². The number of ether oxygens (including phenoxy) is 1. The number of aromatic nitrogens is 2. The van der Waals surface area contributed by atoms with Crippen LogP contribution in [-0.4, -0.2) is 34.5 Å². The number of methoxy groups -OCH3 is 1. The molecule has 1 aromatic heterocycles. The van der Waals surface area contributed by atoms with E-state index >= 15 is 0 Å². The van der Waals surface area contributed by atoms with Gasteiger partial charge in [-0.1, -0.05) is 55.9 Å². The van der Waals surface area contributed by atoms with E-state index in [-0.39, 0.29) is 17.2 Å². The standard InChI is InChI=1S/C20H28N4O2S2/c1-12-7-5-10-17(13(12)2)22-18(25)14(3)27-20-24-23-19(28-20)21-15-8-6-9-16(11-15)26-4/h6,8-9,11-14,17H,5,7,10H2,1-4H3,(H,21,23)(H,22,25)/t12-,13+,14-,17-/m1/s1. The lowest BCUT2D eigenvalue weighted by molar-refractivity contribution is -0.121. The predicted octanol–water partition coefficient (Wildman–Crippen LogP) is 4.71. The fourth-order valence-electron chi connectivity index (χ4n) is 3.42. The van der Waals surface area contributed by atoms with Gasteiger partial charge in [0.1, 0.15) is 5.75 Å². The minimum atomic E-state index is -0.206. The number of hydrogen-bond acceptors (Lipinski definition) is 7. The van der Waals surface area contributed by atoms with E-state index < -0.39 is 0 Å². The summed E-state index contributed by atoms with van der Waals surface area (Å²) >= 11 is 2.89. The highest BCUT2D eigenvalue weighted by Crippen LogP contribution is 2.32. The second kappa shape index (κ2) is 9.60. The fourth-order valence-corrected chi connectivity index (χ4v) is 5.35. The van der Waals surface area contributed by atoms with Crippen molar-refractivity contribution in [2.75, 3.05) is 12.4 Å². The summed E-state index contributed by atoms with van der Waals surface area (Å²) in [7, 11) is 1.64. The highest BCUT2D eigenvalue weighted by Gasteiger charge is 2.29. The van der Waals surface area contributed by atoms with Crippen LogP contribution in [-0.2, 0) is 4.79 Å². The Morgan fingerprint density at radius 3 is 2.93 bits per heavy atom. The Bertz CT molecular complexity index is 798. The van der Waals surface area contributed by atoms with E-state index in [9.17, 15) is 4.79 Å². The minimum Gasteiger partial charge on any atom is -0.497 e. The van der Waals surface area contributed by atoms with Crippen LogP contribution in [0.4, 0.5) is 10.8 Å². The number of anilines is 2. The minimum absolute atomic E-state index is 0.0773. The third-order valence-corrected chi connectivity index (χ3v) is 7.43. The normalized spacial score (nSPS) is 23.1. The molecule has 8 heteroatoms. The average Bonchev–Trinajstić information content (AvgIpc) is 3.12. The maximum Gasteiger partial charge on any atom is 0.233 e. The zero-order valence-electron chi connectivity index (χ0n) is 16.8. The van der Waals surface area contributed by atoms with Gasteiger partial charge in [0.2, 0.25) is 11.0 Å². The summed E-state index contributed by atoms with van der Waals surface area (Å²) in [5.74, 6) is 2.04. The van der Waals surface area contributed by atoms with E-state index in [1.165, 1.54) is 35.9 Å². The fraction of sp³-hybridized carbons (Fsp3) is 0.550. The molecule has 0 saturated heterocycles. The number of rotatable bonds is 7. The third kappa shape index (κ3) is 5.38. The van der Waals surface area contributed by atoms with Gasteiger partial charge < -0.3 is 15.4 Å². The van der Waals surface area contributed by atoms with Gasteiger partial charge in [-0.05, 0) is 37.3 Å². The molecule has 152 valence electrons. The molecule has 3 rings (SSSR count). The number of carbonyl (C=O) groups excluding carboxylic acids is 1. The van der Waals surface area contributed by atoms with E-state index in [0.717, 1.165) is 22.2 Å². The predicted molar refractivity (Wildman–Crippen MR) is 116 cm³/mol. The van der Waals surface area contributed by atoms with Crippen molar-refractivity contribution in [3.63, 3.8) is 0 Å². The maximum atomic E-state index is 12.6. The molecule has 1 aliphatic carbocycles. The van der Waals surface area contributed by atoms with Gasteiger partial charge in [0.15, 0.2) is 4.34 Å². The summed E-state index contributed by atoms with van der Waals surface area (Å²) in [4.78, 5) is 12.6. The number of carbonyl (C=O) groups is 1. The van der Waals surface area contributed by atoms with Gasteiger partial charge in [-0.2, -0.15) is 0 Å². The van der Waals surface area contributed by atoms with Crippen LogP contribution in [0.15, 0.2) is 28.6 Å². The van der Waals surface area contributed by atoms with Crippen LogP contribution in [0.3, 0.4) is 0 Å². The molecule has 2 aromatic rings. The van der Waals surface area contributed by atoms with Crippen molar-refractivity contribution in [3.05, 3.63) is 24.3 Å². The Labute approximate surface area is 174 Å². The SMILES string of the molecule is COc1cccc(Nc2nnc(S[C@H](C)C(=O)N[C@@H]3CCC[C@@H](C)[C@@H]3C)s2)c1. The molecule has 1 amide bonds. The molecule has 2 N–H and O–H groups in total.